The number of rotatable bonds is 1. The van der Waals surface area contributed by atoms with E-state index in [1.807, 2.05) is 20.3 Å². The number of aromatic nitrogens is 2. The van der Waals surface area contributed by atoms with E-state index in [9.17, 15) is 10.2 Å². The van der Waals surface area contributed by atoms with Gasteiger partial charge in [-0.15, -0.1) is 0 Å². The van der Waals surface area contributed by atoms with Crippen LogP contribution in [0.5, 0.6) is 0 Å². The van der Waals surface area contributed by atoms with Gasteiger partial charge in [0.15, 0.2) is 0 Å². The third-order valence-electron chi connectivity index (χ3n) is 8.41. The minimum absolute atomic E-state index is 0.0385. The van der Waals surface area contributed by atoms with Crippen molar-refractivity contribution in [3.63, 3.8) is 0 Å². The van der Waals surface area contributed by atoms with Gasteiger partial charge in [-0.2, -0.15) is 5.10 Å². The van der Waals surface area contributed by atoms with Gasteiger partial charge in [-0.1, -0.05) is 36.3 Å². The van der Waals surface area contributed by atoms with E-state index in [0.29, 0.717) is 11.8 Å². The smallest absolute Gasteiger partial charge is 0.0798 e. The Morgan fingerprint density at radius 1 is 1.15 bits per heavy atom. The predicted molar refractivity (Wildman–Crippen MR) is 134 cm³/mol. The Morgan fingerprint density at radius 3 is 2.79 bits per heavy atom. The number of hydrogen-bond acceptors (Lipinski definition) is 4. The van der Waals surface area contributed by atoms with E-state index < -0.39 is 6.10 Å². The standard InChI is InChI=1S/C26H30N2O2.C2H7N/c1-26-13-25(30)21-12-17-11-19(29)5-2-15(17)3-6-20(21)23(26)8-7-22(26)16-4-9-24-18(10-16)14-27-28-24;1-3-2/h4,7,9-10,12,14-15,19,23,25,29-30H,2-3,5-6,8,11,13H2,1H3,(H,27,28);3H,1-2H3. The van der Waals surface area contributed by atoms with Crippen LogP contribution in [0.4, 0.5) is 0 Å². The van der Waals surface area contributed by atoms with Crippen molar-refractivity contribution in [2.24, 2.45) is 17.3 Å². The van der Waals surface area contributed by atoms with Crippen LogP contribution in [0.25, 0.3) is 16.5 Å². The Labute approximate surface area is 196 Å². The van der Waals surface area contributed by atoms with Crippen molar-refractivity contribution >= 4 is 16.5 Å². The number of H-pyrrole nitrogens is 1. The predicted octanol–water partition coefficient (Wildman–Crippen LogP) is 4.75. The third kappa shape index (κ3) is 3.90. The number of aliphatic hydroxyl groups excluding tert-OH is 2. The molecule has 5 atom stereocenters. The van der Waals surface area contributed by atoms with E-state index in [1.54, 1.807) is 0 Å². The Balaban J connectivity index is 0.000000724. The Hall–Kier alpha value is -2.21. The van der Waals surface area contributed by atoms with E-state index in [1.165, 1.54) is 27.9 Å². The largest absolute Gasteiger partial charge is 0.393 e. The molecule has 4 aliphatic rings. The van der Waals surface area contributed by atoms with E-state index in [2.05, 4.69) is 52.8 Å². The molecule has 1 fully saturated rings. The summed E-state index contributed by atoms with van der Waals surface area (Å²) in [6.45, 7) is 2.36. The van der Waals surface area contributed by atoms with Crippen LogP contribution in [0.3, 0.4) is 0 Å². The molecule has 0 saturated heterocycles. The van der Waals surface area contributed by atoms with Crippen molar-refractivity contribution in [1.29, 1.82) is 0 Å². The lowest BCUT2D eigenvalue weighted by Gasteiger charge is -2.43. The molecule has 2 aromatic rings. The Kier molecular flexibility index (Phi) is 6.06. The molecule has 0 bridgehead atoms. The molecule has 5 unspecified atom stereocenters. The van der Waals surface area contributed by atoms with Crippen molar-refractivity contribution in [1.82, 2.24) is 15.5 Å². The number of nitrogens with one attached hydrogen (secondary N) is 2. The van der Waals surface area contributed by atoms with Gasteiger partial charge in [0.05, 0.1) is 23.9 Å². The summed E-state index contributed by atoms with van der Waals surface area (Å²) in [6, 6.07) is 6.55. The fourth-order valence-electron chi connectivity index (χ4n) is 6.84. The highest BCUT2D eigenvalue weighted by Crippen LogP contribution is 2.59. The maximum Gasteiger partial charge on any atom is 0.0798 e. The molecule has 33 heavy (non-hydrogen) atoms. The Bertz CT molecular complexity index is 1130. The molecule has 5 nitrogen and oxygen atoms in total. The van der Waals surface area contributed by atoms with Crippen molar-refractivity contribution in [2.75, 3.05) is 14.1 Å². The van der Waals surface area contributed by atoms with Gasteiger partial charge in [0.2, 0.25) is 0 Å². The van der Waals surface area contributed by atoms with Gasteiger partial charge >= 0.3 is 0 Å². The van der Waals surface area contributed by atoms with Gasteiger partial charge in [-0.05, 0) is 99.7 Å². The van der Waals surface area contributed by atoms with Crippen LogP contribution in [0.1, 0.15) is 57.4 Å². The first-order valence-corrected chi connectivity index (χ1v) is 12.5. The van der Waals surface area contributed by atoms with Crippen LogP contribution < -0.4 is 5.32 Å². The second kappa shape index (κ2) is 8.86. The van der Waals surface area contributed by atoms with Crippen LogP contribution >= 0.6 is 0 Å². The van der Waals surface area contributed by atoms with Crippen molar-refractivity contribution in [3.05, 3.63) is 58.8 Å². The van der Waals surface area contributed by atoms with Crippen molar-refractivity contribution in [3.8, 4) is 0 Å². The van der Waals surface area contributed by atoms with Crippen LogP contribution in [-0.4, -0.2) is 46.7 Å². The summed E-state index contributed by atoms with van der Waals surface area (Å²) in [5.41, 5.74) is 7.68. The average molecular weight is 448 g/mol. The van der Waals surface area contributed by atoms with Crippen LogP contribution in [0.2, 0.25) is 0 Å². The topological polar surface area (TPSA) is 81.2 Å². The number of hydrogen-bond donors (Lipinski definition) is 4. The molecule has 0 amide bonds. The number of aliphatic hydroxyl groups is 2. The molecule has 1 aromatic heterocycles. The van der Waals surface area contributed by atoms with E-state index in [4.69, 9.17) is 0 Å². The SMILES string of the molecule is CC12CC(O)C3=C(CCC4CCC(O)CC4=C3)C1CC=C2c1ccc2[nH]ncc2c1.CNC. The lowest BCUT2D eigenvalue weighted by Crippen LogP contribution is -2.37. The zero-order chi connectivity index (χ0) is 23.2. The summed E-state index contributed by atoms with van der Waals surface area (Å²) in [5, 5.41) is 32.6. The lowest BCUT2D eigenvalue weighted by molar-refractivity contribution is 0.124. The van der Waals surface area contributed by atoms with Crippen molar-refractivity contribution < 1.29 is 10.2 Å². The summed E-state index contributed by atoms with van der Waals surface area (Å²) >= 11 is 0. The number of fused-ring (bicyclic) bond motifs is 4. The van der Waals surface area contributed by atoms with Crippen LogP contribution in [0.15, 0.2) is 53.3 Å². The number of aromatic amines is 1. The first-order chi connectivity index (χ1) is 15.9. The number of allylic oxidation sites excluding steroid dienone is 3. The fraction of sp³-hybridized carbons (Fsp3) is 0.536. The highest BCUT2D eigenvalue weighted by Gasteiger charge is 2.49. The zero-order valence-corrected chi connectivity index (χ0v) is 20.1. The summed E-state index contributed by atoms with van der Waals surface area (Å²) in [7, 11) is 3.75. The molecule has 6 rings (SSSR count). The van der Waals surface area contributed by atoms with E-state index >= 15 is 0 Å². The van der Waals surface area contributed by atoms with Crippen LogP contribution in [-0.2, 0) is 0 Å². The molecule has 1 aromatic carbocycles. The quantitative estimate of drug-likeness (QED) is 0.509. The number of benzene rings is 1. The van der Waals surface area contributed by atoms with Gasteiger partial charge in [0.25, 0.3) is 0 Å². The van der Waals surface area contributed by atoms with Crippen molar-refractivity contribution in [2.45, 2.75) is 64.1 Å². The second-order valence-electron chi connectivity index (χ2n) is 10.6. The molecule has 1 saturated carbocycles. The minimum Gasteiger partial charge on any atom is -0.393 e. The van der Waals surface area contributed by atoms with E-state index in [0.717, 1.165) is 55.8 Å². The first kappa shape index (κ1) is 22.6. The van der Waals surface area contributed by atoms with Gasteiger partial charge in [-0.25, -0.2) is 0 Å². The highest BCUT2D eigenvalue weighted by atomic mass is 16.3. The molecule has 0 radical (unpaired) electrons. The maximum atomic E-state index is 11.3. The third-order valence-corrected chi connectivity index (χ3v) is 8.41. The summed E-state index contributed by atoms with van der Waals surface area (Å²) in [6.07, 6.45) is 12.8. The molecular formula is C28H37N3O2. The zero-order valence-electron chi connectivity index (χ0n) is 20.1. The lowest BCUT2D eigenvalue weighted by atomic mass is 9.61. The highest BCUT2D eigenvalue weighted by molar-refractivity contribution is 5.85. The molecular weight excluding hydrogens is 410 g/mol. The maximum absolute atomic E-state index is 11.3. The molecule has 0 aliphatic heterocycles. The molecule has 4 N–H and O–H groups in total. The fourth-order valence-corrected chi connectivity index (χ4v) is 6.84. The second-order valence-corrected chi connectivity index (χ2v) is 10.6. The molecule has 4 aliphatic carbocycles. The minimum atomic E-state index is -0.425. The van der Waals surface area contributed by atoms with Gasteiger partial charge < -0.3 is 15.5 Å². The number of nitrogens with zero attached hydrogens (tertiary/aromatic N) is 1. The van der Waals surface area contributed by atoms with Gasteiger partial charge in [0.1, 0.15) is 0 Å². The summed E-state index contributed by atoms with van der Waals surface area (Å²) < 4.78 is 0. The van der Waals surface area contributed by atoms with Gasteiger partial charge in [0, 0.05) is 10.8 Å². The monoisotopic (exact) mass is 447 g/mol. The van der Waals surface area contributed by atoms with Gasteiger partial charge in [-0.3, -0.25) is 5.10 Å². The molecule has 0 spiro atoms. The average Bonchev–Trinajstić information content (AvgIpc) is 3.33. The summed E-state index contributed by atoms with van der Waals surface area (Å²) in [4.78, 5) is 0. The van der Waals surface area contributed by atoms with E-state index in [-0.39, 0.29) is 11.5 Å². The first-order valence-electron chi connectivity index (χ1n) is 12.5. The summed E-state index contributed by atoms with van der Waals surface area (Å²) in [5.74, 6) is 1.04. The Morgan fingerprint density at radius 2 is 1.97 bits per heavy atom. The molecule has 176 valence electrons. The normalized spacial score (nSPS) is 33.2. The molecule has 5 heteroatoms. The van der Waals surface area contributed by atoms with Crippen LogP contribution in [0, 0.1) is 17.3 Å². The molecule has 1 heterocycles.